The van der Waals surface area contributed by atoms with Crippen molar-refractivity contribution < 1.29 is 0 Å². The molecule has 112 valence electrons. The molecule has 1 saturated carbocycles. The summed E-state index contributed by atoms with van der Waals surface area (Å²) in [5.41, 5.74) is 1.21. The van der Waals surface area contributed by atoms with Crippen LogP contribution in [0.15, 0.2) is 0 Å². The Bertz CT molecular complexity index is 651. The summed E-state index contributed by atoms with van der Waals surface area (Å²) in [6.45, 7) is 6.03. The van der Waals surface area contributed by atoms with E-state index in [0.717, 1.165) is 42.9 Å². The fourth-order valence-corrected chi connectivity index (χ4v) is 3.04. The van der Waals surface area contributed by atoms with Crippen LogP contribution in [0.3, 0.4) is 0 Å². The van der Waals surface area contributed by atoms with Crippen LogP contribution in [0.5, 0.6) is 0 Å². The third-order valence-electron chi connectivity index (χ3n) is 4.45. The van der Waals surface area contributed by atoms with Gasteiger partial charge in [-0.05, 0) is 26.2 Å². The number of hydrogen-bond donors (Lipinski definition) is 1. The van der Waals surface area contributed by atoms with Gasteiger partial charge in [-0.25, -0.2) is 4.98 Å². The van der Waals surface area contributed by atoms with Crippen molar-refractivity contribution in [2.45, 2.75) is 58.4 Å². The van der Waals surface area contributed by atoms with Crippen LogP contribution in [0.25, 0.3) is 0 Å². The number of nitrogens with zero attached hydrogens (tertiary/aromatic N) is 5. The predicted octanol–water partition coefficient (Wildman–Crippen LogP) is 2.88. The highest BCUT2D eigenvalue weighted by Gasteiger charge is 2.33. The normalized spacial score (nSPS) is 17.0. The zero-order valence-corrected chi connectivity index (χ0v) is 12.8. The quantitative estimate of drug-likeness (QED) is 0.858. The molecule has 0 aromatic carbocycles. The highest BCUT2D eigenvalue weighted by molar-refractivity contribution is 5.59. The molecule has 3 heterocycles. The number of aromatic nitrogens is 5. The summed E-state index contributed by atoms with van der Waals surface area (Å²) in [5.74, 6) is 4.81. The van der Waals surface area contributed by atoms with E-state index in [1.807, 2.05) is 6.92 Å². The number of rotatable bonds is 5. The zero-order valence-electron chi connectivity index (χ0n) is 12.8. The first-order valence-corrected chi connectivity index (χ1v) is 8.04. The van der Waals surface area contributed by atoms with Gasteiger partial charge in [0.1, 0.15) is 11.6 Å². The van der Waals surface area contributed by atoms with Gasteiger partial charge in [-0.1, -0.05) is 19.8 Å². The minimum absolute atomic E-state index is 0.652. The number of hydrogen-bond acceptors (Lipinski definition) is 4. The Balaban J connectivity index is 1.69. The number of imidazole rings is 1. The molecule has 0 spiro atoms. The van der Waals surface area contributed by atoms with Gasteiger partial charge in [0.15, 0.2) is 5.82 Å². The number of aromatic amines is 1. The van der Waals surface area contributed by atoms with E-state index < -0.39 is 0 Å². The van der Waals surface area contributed by atoms with Crippen LogP contribution >= 0.6 is 0 Å². The maximum atomic E-state index is 4.87. The Morgan fingerprint density at radius 2 is 2.10 bits per heavy atom. The predicted molar refractivity (Wildman–Crippen MR) is 81.0 cm³/mol. The number of fused-ring (bicyclic) bond motifs is 2. The first-order chi connectivity index (χ1) is 10.3. The maximum Gasteiger partial charge on any atom is 0.233 e. The number of aryl methyl sites for hydroxylation is 1. The minimum Gasteiger partial charge on any atom is -0.342 e. The molecule has 6 nitrogen and oxygen atoms in total. The Morgan fingerprint density at radius 1 is 1.24 bits per heavy atom. The third kappa shape index (κ3) is 2.13. The average Bonchev–Trinajstić information content (AvgIpc) is 3.15. The Labute approximate surface area is 124 Å². The van der Waals surface area contributed by atoms with Crippen LogP contribution in [0.4, 0.5) is 11.8 Å². The fraction of sp³-hybridized carbons (Fsp3) is 0.667. The van der Waals surface area contributed by atoms with Crippen molar-refractivity contribution in [3.63, 3.8) is 0 Å². The molecule has 6 heteroatoms. The molecule has 2 aromatic heterocycles. The molecule has 0 amide bonds. The topological polar surface area (TPSA) is 62.6 Å². The Morgan fingerprint density at radius 3 is 2.86 bits per heavy atom. The second-order valence-corrected chi connectivity index (χ2v) is 6.19. The molecule has 21 heavy (non-hydrogen) atoms. The van der Waals surface area contributed by atoms with Gasteiger partial charge in [0.2, 0.25) is 5.95 Å². The monoisotopic (exact) mass is 286 g/mol. The first-order valence-electron chi connectivity index (χ1n) is 8.04. The molecule has 0 unspecified atom stereocenters. The van der Waals surface area contributed by atoms with Crippen LogP contribution in [0, 0.1) is 6.92 Å². The zero-order chi connectivity index (χ0) is 14.4. The SMILES string of the molecule is CCCCCN1c2nc(C3CC3)[nH]c2Cn2c(C)nnc21. The minimum atomic E-state index is 0.652. The number of anilines is 2. The van der Waals surface area contributed by atoms with Gasteiger partial charge in [-0.2, -0.15) is 0 Å². The van der Waals surface area contributed by atoms with Gasteiger partial charge in [-0.3, -0.25) is 9.47 Å². The van der Waals surface area contributed by atoms with Crippen molar-refractivity contribution in [3.8, 4) is 0 Å². The Kier molecular flexibility index (Phi) is 2.97. The lowest BCUT2D eigenvalue weighted by Gasteiger charge is -2.27. The van der Waals surface area contributed by atoms with Crippen LogP contribution < -0.4 is 4.90 Å². The standard InChI is InChI=1S/C15H22N6/c1-3-4-5-8-20-14-12(16-13(17-14)11-6-7-11)9-21-10(2)18-19-15(20)21/h11H,3-9H2,1-2H3,(H,16,17). The molecule has 1 aliphatic carbocycles. The number of nitrogens with one attached hydrogen (secondary N) is 1. The molecule has 0 atom stereocenters. The molecular weight excluding hydrogens is 264 g/mol. The second-order valence-electron chi connectivity index (χ2n) is 6.19. The maximum absolute atomic E-state index is 4.87. The summed E-state index contributed by atoms with van der Waals surface area (Å²) in [6, 6.07) is 0. The molecule has 0 saturated heterocycles. The molecule has 1 aliphatic heterocycles. The first kappa shape index (κ1) is 12.9. The van der Waals surface area contributed by atoms with Crippen molar-refractivity contribution in [3.05, 3.63) is 17.3 Å². The van der Waals surface area contributed by atoms with E-state index >= 15 is 0 Å². The second kappa shape index (κ2) is 4.86. The number of H-pyrrole nitrogens is 1. The molecule has 0 radical (unpaired) electrons. The summed E-state index contributed by atoms with van der Waals surface area (Å²) in [4.78, 5) is 10.7. The summed E-state index contributed by atoms with van der Waals surface area (Å²) in [6.07, 6.45) is 6.16. The third-order valence-corrected chi connectivity index (χ3v) is 4.45. The van der Waals surface area contributed by atoms with E-state index in [0.29, 0.717) is 5.92 Å². The smallest absolute Gasteiger partial charge is 0.233 e. The van der Waals surface area contributed by atoms with Gasteiger partial charge >= 0.3 is 0 Å². The van der Waals surface area contributed by atoms with Crippen LogP contribution in [0.1, 0.15) is 62.3 Å². The summed E-state index contributed by atoms with van der Waals surface area (Å²) >= 11 is 0. The lowest BCUT2D eigenvalue weighted by atomic mass is 10.2. The molecule has 1 fully saturated rings. The van der Waals surface area contributed by atoms with Crippen molar-refractivity contribution in [1.29, 1.82) is 0 Å². The average molecular weight is 286 g/mol. The van der Waals surface area contributed by atoms with Gasteiger partial charge in [0.25, 0.3) is 0 Å². The lowest BCUT2D eigenvalue weighted by molar-refractivity contribution is 0.659. The summed E-state index contributed by atoms with van der Waals surface area (Å²) < 4.78 is 2.18. The van der Waals surface area contributed by atoms with E-state index in [9.17, 15) is 0 Å². The van der Waals surface area contributed by atoms with Gasteiger partial charge in [0, 0.05) is 12.5 Å². The van der Waals surface area contributed by atoms with E-state index in [4.69, 9.17) is 4.98 Å². The summed E-state index contributed by atoms with van der Waals surface area (Å²) in [5, 5.41) is 8.61. The van der Waals surface area contributed by atoms with Crippen molar-refractivity contribution in [2.24, 2.45) is 0 Å². The van der Waals surface area contributed by atoms with Crippen LogP contribution in [-0.4, -0.2) is 31.3 Å². The van der Waals surface area contributed by atoms with Crippen molar-refractivity contribution in [2.75, 3.05) is 11.4 Å². The van der Waals surface area contributed by atoms with E-state index in [1.165, 1.54) is 31.4 Å². The van der Waals surface area contributed by atoms with Gasteiger partial charge < -0.3 is 4.98 Å². The highest BCUT2D eigenvalue weighted by Crippen LogP contribution is 2.41. The molecular formula is C15H22N6. The fourth-order valence-electron chi connectivity index (χ4n) is 3.04. The van der Waals surface area contributed by atoms with Crippen LogP contribution in [-0.2, 0) is 6.54 Å². The molecule has 1 N–H and O–H groups in total. The van der Waals surface area contributed by atoms with E-state index in [2.05, 4.69) is 31.6 Å². The van der Waals surface area contributed by atoms with Crippen molar-refractivity contribution >= 4 is 11.8 Å². The van der Waals surface area contributed by atoms with Crippen molar-refractivity contribution in [1.82, 2.24) is 24.7 Å². The molecule has 2 aromatic rings. The summed E-state index contributed by atoms with van der Waals surface area (Å²) in [7, 11) is 0. The molecule has 4 rings (SSSR count). The van der Waals surface area contributed by atoms with E-state index in [1.54, 1.807) is 0 Å². The molecule has 0 bridgehead atoms. The van der Waals surface area contributed by atoms with E-state index in [-0.39, 0.29) is 0 Å². The lowest BCUT2D eigenvalue weighted by Crippen LogP contribution is -2.28. The largest absolute Gasteiger partial charge is 0.342 e. The van der Waals surface area contributed by atoms with Gasteiger partial charge in [0.05, 0.1) is 12.2 Å². The number of unbranched alkanes of at least 4 members (excludes halogenated alkanes) is 2. The Hall–Kier alpha value is -1.85. The van der Waals surface area contributed by atoms with Gasteiger partial charge in [-0.15, -0.1) is 10.2 Å². The molecule has 2 aliphatic rings. The van der Waals surface area contributed by atoms with Crippen LogP contribution in [0.2, 0.25) is 0 Å². The highest BCUT2D eigenvalue weighted by atomic mass is 15.4.